The first-order valence-electron chi connectivity index (χ1n) is 13.8. The van der Waals surface area contributed by atoms with Gasteiger partial charge < -0.3 is 14.5 Å². The number of carbonyl (C=O) groups excluding carboxylic acids is 1. The number of nitrogens with zero attached hydrogens (tertiary/aromatic N) is 8. The third-order valence-corrected chi connectivity index (χ3v) is 7.87. The number of aromatic nitrogens is 6. The number of piperidine rings is 1. The van der Waals surface area contributed by atoms with Crippen LogP contribution in [0.2, 0.25) is 0 Å². The number of ether oxygens (including phenoxy) is 1. The van der Waals surface area contributed by atoms with Gasteiger partial charge in [-0.05, 0) is 87.4 Å². The molecule has 3 aromatic rings. The van der Waals surface area contributed by atoms with Crippen molar-refractivity contribution < 1.29 is 9.53 Å². The minimum atomic E-state index is -0.504. The molecule has 2 fully saturated rings. The second-order valence-electron chi connectivity index (χ2n) is 11.6. The molecule has 1 saturated heterocycles. The minimum Gasteiger partial charge on any atom is -0.444 e. The largest absolute Gasteiger partial charge is 0.444 e. The maximum atomic E-state index is 13.2. The van der Waals surface area contributed by atoms with Crippen molar-refractivity contribution in [1.82, 2.24) is 34.8 Å². The average molecular weight is 598 g/mol. The molecule has 3 aromatic heterocycles. The van der Waals surface area contributed by atoms with Crippen molar-refractivity contribution in [3.63, 3.8) is 0 Å². The fraction of sp³-hybridized carbons (Fsp3) is 0.571. The highest BCUT2D eigenvalue weighted by Crippen LogP contribution is 2.31. The summed E-state index contributed by atoms with van der Waals surface area (Å²) in [6.07, 6.45) is 12.6. The lowest BCUT2D eigenvalue weighted by Crippen LogP contribution is -2.53. The zero-order valence-electron chi connectivity index (χ0n) is 23.1. The molecule has 1 saturated carbocycles. The van der Waals surface area contributed by atoms with E-state index in [0.29, 0.717) is 21.9 Å². The lowest BCUT2D eigenvalue weighted by atomic mass is 9.84. The van der Waals surface area contributed by atoms with E-state index >= 15 is 0 Å². The first-order chi connectivity index (χ1) is 18.7. The fourth-order valence-electron chi connectivity index (χ4n) is 5.11. The molecule has 1 amide bonds. The van der Waals surface area contributed by atoms with Gasteiger partial charge in [0.25, 0.3) is 0 Å². The number of halogens is 1. The topological polar surface area (TPSA) is 102 Å². The second kappa shape index (κ2) is 11.6. The van der Waals surface area contributed by atoms with E-state index in [4.69, 9.17) is 9.72 Å². The van der Waals surface area contributed by atoms with Crippen molar-refractivity contribution >= 4 is 27.7 Å². The summed E-state index contributed by atoms with van der Waals surface area (Å²) in [6, 6.07) is 4.19. The monoisotopic (exact) mass is 596 g/mol. The summed E-state index contributed by atoms with van der Waals surface area (Å²) in [4.78, 5) is 30.9. The van der Waals surface area contributed by atoms with Gasteiger partial charge in [-0.15, -0.1) is 5.10 Å². The Balaban J connectivity index is 1.26. The molecule has 208 valence electrons. The highest BCUT2D eigenvalue weighted by atomic mass is 79.9. The van der Waals surface area contributed by atoms with Crippen molar-refractivity contribution in [3.8, 4) is 11.4 Å². The van der Waals surface area contributed by atoms with Crippen LogP contribution >= 0.6 is 15.9 Å². The molecule has 39 heavy (non-hydrogen) atoms. The third-order valence-electron chi connectivity index (χ3n) is 7.48. The zero-order valence-corrected chi connectivity index (χ0v) is 24.7. The number of rotatable bonds is 7. The standard InChI is InChI=1S/C28H37BrN8O2/c1-19(37-18-25(33-34-37)24-14-30-15-26(29)32-24)23-11-10-21(13-31-23)35-12-6-9-22(17-35)36(16-20-7-5-8-20)27(38)39-28(2,3)4/h10-11,13-15,18-20,22H,5-9,12,16-17H2,1-4H3/t19?,22-/m1/s1. The summed E-state index contributed by atoms with van der Waals surface area (Å²) >= 11 is 3.35. The Labute approximate surface area is 238 Å². The fourth-order valence-corrected chi connectivity index (χ4v) is 5.42. The summed E-state index contributed by atoms with van der Waals surface area (Å²) < 4.78 is 8.25. The maximum absolute atomic E-state index is 13.2. The van der Waals surface area contributed by atoms with Crippen LogP contribution in [-0.4, -0.2) is 72.2 Å². The Morgan fingerprint density at radius 3 is 2.64 bits per heavy atom. The van der Waals surface area contributed by atoms with Gasteiger partial charge in [0.1, 0.15) is 21.6 Å². The Morgan fingerprint density at radius 2 is 1.97 bits per heavy atom. The lowest BCUT2D eigenvalue weighted by molar-refractivity contribution is 0.00736. The number of amides is 1. The normalized spacial score (nSPS) is 18.9. The van der Waals surface area contributed by atoms with Gasteiger partial charge in [-0.25, -0.2) is 14.5 Å². The molecule has 0 spiro atoms. The van der Waals surface area contributed by atoms with Crippen molar-refractivity contribution in [2.75, 3.05) is 24.5 Å². The summed E-state index contributed by atoms with van der Waals surface area (Å²) in [6.45, 7) is 10.4. The Bertz CT molecular complexity index is 1270. The van der Waals surface area contributed by atoms with Gasteiger partial charge in [-0.1, -0.05) is 11.6 Å². The molecule has 2 aliphatic rings. The minimum absolute atomic E-state index is 0.0975. The summed E-state index contributed by atoms with van der Waals surface area (Å²) in [5, 5.41) is 8.57. The molecule has 2 atom stereocenters. The van der Waals surface area contributed by atoms with E-state index in [-0.39, 0.29) is 18.2 Å². The van der Waals surface area contributed by atoms with Crippen LogP contribution in [-0.2, 0) is 4.74 Å². The van der Waals surface area contributed by atoms with Crippen LogP contribution in [0.1, 0.15) is 71.5 Å². The number of hydrogen-bond donors (Lipinski definition) is 0. The van der Waals surface area contributed by atoms with Gasteiger partial charge in [0.15, 0.2) is 0 Å². The smallest absolute Gasteiger partial charge is 0.410 e. The van der Waals surface area contributed by atoms with Crippen LogP contribution in [0.25, 0.3) is 11.4 Å². The number of hydrogen-bond acceptors (Lipinski definition) is 8. The van der Waals surface area contributed by atoms with Crippen molar-refractivity contribution in [2.24, 2.45) is 5.92 Å². The van der Waals surface area contributed by atoms with E-state index in [9.17, 15) is 4.79 Å². The second-order valence-corrected chi connectivity index (χ2v) is 12.4. The molecule has 0 bridgehead atoms. The van der Waals surface area contributed by atoms with E-state index < -0.39 is 5.60 Å². The molecule has 0 radical (unpaired) electrons. The highest BCUT2D eigenvalue weighted by Gasteiger charge is 2.34. The van der Waals surface area contributed by atoms with Crippen LogP contribution in [0.4, 0.5) is 10.5 Å². The van der Waals surface area contributed by atoms with Crippen LogP contribution in [0.5, 0.6) is 0 Å². The third kappa shape index (κ3) is 6.74. The molecule has 1 unspecified atom stereocenters. The predicted molar refractivity (Wildman–Crippen MR) is 152 cm³/mol. The predicted octanol–water partition coefficient (Wildman–Crippen LogP) is 5.51. The first kappa shape index (κ1) is 27.5. The van der Waals surface area contributed by atoms with Crippen molar-refractivity contribution in [1.29, 1.82) is 0 Å². The molecule has 0 aromatic carbocycles. The van der Waals surface area contributed by atoms with E-state index in [1.807, 2.05) is 51.1 Å². The average Bonchev–Trinajstić information content (AvgIpc) is 3.37. The van der Waals surface area contributed by atoms with Crippen LogP contribution in [0, 0.1) is 5.92 Å². The lowest BCUT2D eigenvalue weighted by Gasteiger charge is -2.43. The van der Waals surface area contributed by atoms with Gasteiger partial charge in [-0.2, -0.15) is 0 Å². The van der Waals surface area contributed by atoms with E-state index in [0.717, 1.165) is 43.9 Å². The van der Waals surface area contributed by atoms with Crippen LogP contribution < -0.4 is 4.90 Å². The summed E-state index contributed by atoms with van der Waals surface area (Å²) in [5.74, 6) is 0.586. The molecule has 1 aliphatic heterocycles. The SMILES string of the molecule is CC(c1ccc(N2CCC[C@@H](N(CC3CCC3)C(=O)OC(C)(C)C)C2)cn1)n1cc(-c2cncc(Br)n2)nn1. The van der Waals surface area contributed by atoms with Gasteiger partial charge in [0.2, 0.25) is 0 Å². The van der Waals surface area contributed by atoms with Gasteiger partial charge in [0, 0.05) is 19.6 Å². The van der Waals surface area contributed by atoms with Crippen molar-refractivity contribution in [2.45, 2.75) is 77.5 Å². The van der Waals surface area contributed by atoms with Crippen LogP contribution in [0.15, 0.2) is 41.5 Å². The van der Waals surface area contributed by atoms with Gasteiger partial charge >= 0.3 is 6.09 Å². The Hall–Kier alpha value is -3.08. The van der Waals surface area contributed by atoms with Crippen LogP contribution in [0.3, 0.4) is 0 Å². The number of carbonyl (C=O) groups is 1. The summed E-state index contributed by atoms with van der Waals surface area (Å²) in [5.41, 5.74) is 2.76. The highest BCUT2D eigenvalue weighted by molar-refractivity contribution is 9.10. The van der Waals surface area contributed by atoms with E-state index in [1.54, 1.807) is 17.1 Å². The Kier molecular flexibility index (Phi) is 8.16. The molecular formula is C28H37BrN8O2. The quantitative estimate of drug-likeness (QED) is 0.352. The summed E-state index contributed by atoms with van der Waals surface area (Å²) in [7, 11) is 0. The van der Waals surface area contributed by atoms with E-state index in [1.165, 1.54) is 19.3 Å². The number of pyridine rings is 1. The van der Waals surface area contributed by atoms with E-state index in [2.05, 4.69) is 47.2 Å². The first-order valence-corrected chi connectivity index (χ1v) is 14.6. The Morgan fingerprint density at radius 1 is 1.15 bits per heavy atom. The maximum Gasteiger partial charge on any atom is 0.410 e. The molecule has 5 rings (SSSR count). The molecule has 0 N–H and O–H groups in total. The van der Waals surface area contributed by atoms with Gasteiger partial charge in [0.05, 0.1) is 48.3 Å². The number of anilines is 1. The van der Waals surface area contributed by atoms with Gasteiger partial charge in [-0.3, -0.25) is 9.97 Å². The molecule has 1 aliphatic carbocycles. The molecule has 4 heterocycles. The molecule has 11 heteroatoms. The molecular weight excluding hydrogens is 560 g/mol. The molecule has 10 nitrogen and oxygen atoms in total. The zero-order chi connectivity index (χ0) is 27.6. The van der Waals surface area contributed by atoms with Crippen molar-refractivity contribution in [3.05, 3.63) is 47.2 Å².